The van der Waals surface area contributed by atoms with Gasteiger partial charge in [-0.2, -0.15) is 5.10 Å². The molecule has 0 aliphatic carbocycles. The molecule has 0 unspecified atom stereocenters. The number of amides is 2. The third kappa shape index (κ3) is 3.84. The van der Waals surface area contributed by atoms with Crippen LogP contribution < -0.4 is 0 Å². The van der Waals surface area contributed by atoms with Crippen LogP contribution in [-0.2, 0) is 24.2 Å². The molecule has 1 aliphatic heterocycles. The number of carbonyl (C=O) groups excluding carboxylic acids is 2. The van der Waals surface area contributed by atoms with Crippen LogP contribution in [0.4, 0.5) is 8.78 Å². The SMILES string of the molecule is CCN(CC)C(=O)c1n[nH]c2c1CN(C(=O)Cc1ccc(F)cc1F)CC2. The minimum absolute atomic E-state index is 0.152. The van der Waals surface area contributed by atoms with Gasteiger partial charge < -0.3 is 9.80 Å². The Kier molecular flexibility index (Phi) is 5.53. The van der Waals surface area contributed by atoms with Crippen LogP contribution in [0, 0.1) is 11.6 Å². The largest absolute Gasteiger partial charge is 0.338 e. The van der Waals surface area contributed by atoms with Gasteiger partial charge in [-0.1, -0.05) is 6.07 Å². The molecule has 8 heteroatoms. The van der Waals surface area contributed by atoms with Gasteiger partial charge >= 0.3 is 0 Å². The highest BCUT2D eigenvalue weighted by atomic mass is 19.1. The molecule has 144 valence electrons. The van der Waals surface area contributed by atoms with Crippen LogP contribution in [-0.4, -0.2) is 51.4 Å². The highest BCUT2D eigenvalue weighted by molar-refractivity contribution is 5.94. The maximum absolute atomic E-state index is 13.8. The highest BCUT2D eigenvalue weighted by Crippen LogP contribution is 2.22. The third-order valence-electron chi connectivity index (χ3n) is 4.90. The van der Waals surface area contributed by atoms with E-state index < -0.39 is 11.6 Å². The lowest BCUT2D eigenvalue weighted by molar-refractivity contribution is -0.131. The lowest BCUT2D eigenvalue weighted by atomic mass is 10.0. The second-order valence-corrected chi connectivity index (χ2v) is 6.48. The number of nitrogens with zero attached hydrogens (tertiary/aromatic N) is 3. The van der Waals surface area contributed by atoms with E-state index in [0.29, 0.717) is 37.3 Å². The van der Waals surface area contributed by atoms with Crippen molar-refractivity contribution in [2.45, 2.75) is 33.2 Å². The molecule has 1 aliphatic rings. The van der Waals surface area contributed by atoms with Gasteiger partial charge in [0, 0.05) is 49.9 Å². The van der Waals surface area contributed by atoms with Gasteiger partial charge in [-0.15, -0.1) is 0 Å². The standard InChI is InChI=1S/C19H22F2N4O2/c1-3-24(4-2)19(27)18-14-11-25(8-7-16(14)22-23-18)17(26)9-12-5-6-13(20)10-15(12)21/h5-6,10H,3-4,7-9,11H2,1-2H3,(H,22,23). The summed E-state index contributed by atoms with van der Waals surface area (Å²) in [5.74, 6) is -1.85. The zero-order valence-electron chi connectivity index (χ0n) is 15.4. The van der Waals surface area contributed by atoms with Crippen LogP contribution in [0.25, 0.3) is 0 Å². The predicted octanol–water partition coefficient (Wildman–Crippen LogP) is 2.30. The van der Waals surface area contributed by atoms with Crippen molar-refractivity contribution in [2.75, 3.05) is 19.6 Å². The molecule has 27 heavy (non-hydrogen) atoms. The van der Waals surface area contributed by atoms with Gasteiger partial charge in [0.1, 0.15) is 11.6 Å². The molecule has 1 aromatic carbocycles. The van der Waals surface area contributed by atoms with E-state index in [4.69, 9.17) is 0 Å². The van der Waals surface area contributed by atoms with Crippen LogP contribution in [0.5, 0.6) is 0 Å². The molecule has 0 atom stereocenters. The fraction of sp³-hybridized carbons (Fsp3) is 0.421. The number of aromatic nitrogens is 2. The van der Waals surface area contributed by atoms with Crippen LogP contribution in [0.3, 0.4) is 0 Å². The van der Waals surface area contributed by atoms with Gasteiger partial charge in [-0.25, -0.2) is 8.78 Å². The Bertz CT molecular complexity index is 861. The van der Waals surface area contributed by atoms with Crippen LogP contribution >= 0.6 is 0 Å². The monoisotopic (exact) mass is 376 g/mol. The van der Waals surface area contributed by atoms with Gasteiger partial charge in [0.15, 0.2) is 5.69 Å². The Hall–Kier alpha value is -2.77. The van der Waals surface area contributed by atoms with Crippen molar-refractivity contribution in [3.63, 3.8) is 0 Å². The molecule has 0 saturated heterocycles. The summed E-state index contributed by atoms with van der Waals surface area (Å²) in [4.78, 5) is 28.5. The van der Waals surface area contributed by atoms with Crippen LogP contribution in [0.2, 0.25) is 0 Å². The molecular formula is C19H22F2N4O2. The molecule has 0 saturated carbocycles. The maximum Gasteiger partial charge on any atom is 0.274 e. The average molecular weight is 376 g/mol. The molecule has 2 heterocycles. The number of aromatic amines is 1. The predicted molar refractivity (Wildman–Crippen MR) is 95.0 cm³/mol. The summed E-state index contributed by atoms with van der Waals surface area (Å²) in [7, 11) is 0. The van der Waals surface area contributed by atoms with Gasteiger partial charge in [-0.05, 0) is 25.5 Å². The number of fused-ring (bicyclic) bond motifs is 1. The van der Waals surface area contributed by atoms with Crippen LogP contribution in [0.1, 0.15) is 41.2 Å². The topological polar surface area (TPSA) is 69.3 Å². The summed E-state index contributed by atoms with van der Waals surface area (Å²) < 4.78 is 26.9. The maximum atomic E-state index is 13.8. The molecule has 0 bridgehead atoms. The quantitative estimate of drug-likeness (QED) is 0.871. The zero-order chi connectivity index (χ0) is 19.6. The van der Waals surface area contributed by atoms with E-state index in [2.05, 4.69) is 10.2 Å². The number of halogens is 2. The Morgan fingerprint density at radius 1 is 1.26 bits per heavy atom. The Balaban J connectivity index is 1.76. The van der Waals surface area contributed by atoms with E-state index in [0.717, 1.165) is 17.8 Å². The van der Waals surface area contributed by atoms with E-state index in [1.54, 1.807) is 9.80 Å². The number of hydrogen-bond donors (Lipinski definition) is 1. The molecule has 3 rings (SSSR count). The zero-order valence-corrected chi connectivity index (χ0v) is 15.4. The van der Waals surface area contributed by atoms with E-state index in [1.807, 2.05) is 13.8 Å². The Labute approximate surface area is 156 Å². The fourth-order valence-electron chi connectivity index (χ4n) is 3.29. The van der Waals surface area contributed by atoms with Crippen molar-refractivity contribution in [1.82, 2.24) is 20.0 Å². The molecular weight excluding hydrogens is 354 g/mol. The fourth-order valence-corrected chi connectivity index (χ4v) is 3.29. The van der Waals surface area contributed by atoms with Gasteiger partial charge in [0.2, 0.25) is 5.91 Å². The second kappa shape index (κ2) is 7.85. The molecule has 1 N–H and O–H groups in total. The molecule has 2 aromatic rings. The van der Waals surface area contributed by atoms with E-state index in [1.165, 1.54) is 6.07 Å². The van der Waals surface area contributed by atoms with Crippen molar-refractivity contribution in [3.05, 3.63) is 52.3 Å². The Morgan fingerprint density at radius 2 is 2.00 bits per heavy atom. The summed E-state index contributed by atoms with van der Waals surface area (Å²) in [6.45, 7) is 5.64. The van der Waals surface area contributed by atoms with Crippen molar-refractivity contribution >= 4 is 11.8 Å². The third-order valence-corrected chi connectivity index (χ3v) is 4.90. The summed E-state index contributed by atoms with van der Waals surface area (Å²) >= 11 is 0. The number of rotatable bonds is 5. The van der Waals surface area contributed by atoms with Gasteiger partial charge in [-0.3, -0.25) is 14.7 Å². The van der Waals surface area contributed by atoms with Crippen molar-refractivity contribution in [1.29, 1.82) is 0 Å². The minimum Gasteiger partial charge on any atom is -0.338 e. The molecule has 0 spiro atoms. The number of H-pyrrole nitrogens is 1. The average Bonchev–Trinajstić information content (AvgIpc) is 3.08. The number of hydrogen-bond acceptors (Lipinski definition) is 3. The normalized spacial score (nSPS) is 13.4. The molecule has 1 aromatic heterocycles. The number of carbonyl (C=O) groups is 2. The minimum atomic E-state index is -0.734. The second-order valence-electron chi connectivity index (χ2n) is 6.48. The lowest BCUT2D eigenvalue weighted by Gasteiger charge is -2.28. The van der Waals surface area contributed by atoms with Gasteiger partial charge in [0.25, 0.3) is 5.91 Å². The number of nitrogens with one attached hydrogen (secondary N) is 1. The van der Waals surface area contributed by atoms with Crippen molar-refractivity contribution < 1.29 is 18.4 Å². The molecule has 0 radical (unpaired) electrons. The first kappa shape index (κ1) is 19.0. The van der Waals surface area contributed by atoms with Gasteiger partial charge in [0.05, 0.1) is 6.42 Å². The molecule has 0 fully saturated rings. The van der Waals surface area contributed by atoms with E-state index >= 15 is 0 Å². The van der Waals surface area contributed by atoms with Crippen molar-refractivity contribution in [2.24, 2.45) is 0 Å². The molecule has 2 amide bonds. The first-order valence-corrected chi connectivity index (χ1v) is 9.01. The molecule has 6 nitrogen and oxygen atoms in total. The van der Waals surface area contributed by atoms with E-state index in [-0.39, 0.29) is 30.3 Å². The summed E-state index contributed by atoms with van der Waals surface area (Å²) in [5.41, 5.74) is 2.05. The first-order chi connectivity index (χ1) is 12.9. The summed E-state index contributed by atoms with van der Waals surface area (Å²) in [6.07, 6.45) is 0.393. The number of benzene rings is 1. The smallest absolute Gasteiger partial charge is 0.274 e. The van der Waals surface area contributed by atoms with Crippen molar-refractivity contribution in [3.8, 4) is 0 Å². The first-order valence-electron chi connectivity index (χ1n) is 9.01. The Morgan fingerprint density at radius 3 is 2.67 bits per heavy atom. The van der Waals surface area contributed by atoms with E-state index in [9.17, 15) is 18.4 Å². The van der Waals surface area contributed by atoms with Crippen LogP contribution in [0.15, 0.2) is 18.2 Å². The summed E-state index contributed by atoms with van der Waals surface area (Å²) in [6, 6.07) is 3.19. The summed E-state index contributed by atoms with van der Waals surface area (Å²) in [5, 5.41) is 7.06. The lowest BCUT2D eigenvalue weighted by Crippen LogP contribution is -2.38. The highest BCUT2D eigenvalue weighted by Gasteiger charge is 2.29.